The molecule has 2 amide bonds. The normalized spacial score (nSPS) is 13.1. The van der Waals surface area contributed by atoms with E-state index in [0.29, 0.717) is 38.8 Å². The van der Waals surface area contributed by atoms with Gasteiger partial charge >= 0.3 is 18.2 Å². The van der Waals surface area contributed by atoms with E-state index in [2.05, 4.69) is 10.6 Å². The summed E-state index contributed by atoms with van der Waals surface area (Å²) >= 11 is 0. The first-order valence-electron chi connectivity index (χ1n) is 14.3. The first-order chi connectivity index (χ1) is 18.7. The molecule has 0 unspecified atom stereocenters. The maximum absolute atomic E-state index is 12.9. The molecule has 0 fully saturated rings. The molecule has 226 valence electrons. The fourth-order valence-corrected chi connectivity index (χ4v) is 3.85. The van der Waals surface area contributed by atoms with Crippen LogP contribution in [-0.2, 0) is 30.4 Å². The summed E-state index contributed by atoms with van der Waals surface area (Å²) in [4.78, 5) is 49.5. The third kappa shape index (κ3) is 17.5. The Morgan fingerprint density at radius 3 is 1.88 bits per heavy atom. The molecule has 0 saturated carbocycles. The number of nitrogens with one attached hydrogen (secondary N) is 2. The number of carbonyl (C=O) groups is 4. The van der Waals surface area contributed by atoms with Gasteiger partial charge in [-0.25, -0.2) is 9.59 Å². The number of hydrogen-bond donors (Lipinski definition) is 2. The summed E-state index contributed by atoms with van der Waals surface area (Å²) in [5.41, 5.74) is -0.273. The SMILES string of the molecule is C[C@@H](CCCCNC(=O)OC(C)(C)C)C(=O)C[C@@H](CCCCNC(=O)OCc1ccccc1)C(=O)OC(C)(C)C. The summed E-state index contributed by atoms with van der Waals surface area (Å²) in [6.07, 6.45) is 3.15. The Morgan fingerprint density at radius 2 is 1.30 bits per heavy atom. The molecule has 2 N–H and O–H groups in total. The molecule has 9 heteroatoms. The molecule has 0 aliphatic rings. The Balaban J connectivity index is 2.42. The molecular weight excluding hydrogens is 512 g/mol. The van der Waals surface area contributed by atoms with Gasteiger partial charge in [0.15, 0.2) is 0 Å². The van der Waals surface area contributed by atoms with E-state index in [1.165, 1.54) is 0 Å². The summed E-state index contributed by atoms with van der Waals surface area (Å²) in [5, 5.41) is 5.45. The summed E-state index contributed by atoms with van der Waals surface area (Å²) < 4.78 is 16.0. The van der Waals surface area contributed by atoms with Gasteiger partial charge in [0.25, 0.3) is 0 Å². The van der Waals surface area contributed by atoms with E-state index < -0.39 is 29.3 Å². The highest BCUT2D eigenvalue weighted by molar-refractivity contribution is 5.86. The van der Waals surface area contributed by atoms with E-state index in [9.17, 15) is 19.2 Å². The van der Waals surface area contributed by atoms with Gasteiger partial charge in [-0.05, 0) is 72.8 Å². The second-order valence-corrected chi connectivity index (χ2v) is 12.2. The van der Waals surface area contributed by atoms with Crippen molar-refractivity contribution < 1.29 is 33.4 Å². The molecule has 0 radical (unpaired) electrons. The van der Waals surface area contributed by atoms with E-state index >= 15 is 0 Å². The van der Waals surface area contributed by atoms with Crippen molar-refractivity contribution in [3.63, 3.8) is 0 Å². The third-order valence-electron chi connectivity index (χ3n) is 5.93. The van der Waals surface area contributed by atoms with Crippen LogP contribution in [0.5, 0.6) is 0 Å². The van der Waals surface area contributed by atoms with Crippen LogP contribution in [0.15, 0.2) is 30.3 Å². The standard InChI is InChI=1S/C31H50N2O7/c1-23(15-11-13-20-33-29(37)40-31(5,6)7)26(34)21-25(27(35)39-30(2,3)4)18-12-14-19-32-28(36)38-22-24-16-9-8-10-17-24/h8-10,16-17,23,25H,11-15,18-22H2,1-7H3,(H,32,36)(H,33,37)/t23-,25+/m0/s1. The van der Waals surface area contributed by atoms with Crippen molar-refractivity contribution in [3.8, 4) is 0 Å². The molecule has 0 aliphatic carbocycles. The number of ketones is 1. The van der Waals surface area contributed by atoms with Crippen LogP contribution in [0.1, 0.15) is 99.0 Å². The van der Waals surface area contributed by atoms with Crippen LogP contribution in [0.4, 0.5) is 9.59 Å². The number of hydrogen-bond acceptors (Lipinski definition) is 7. The number of Topliss-reactive ketones (excluding diaryl/α,β-unsaturated/α-hetero) is 1. The zero-order chi connectivity index (χ0) is 30.2. The number of rotatable bonds is 16. The Labute approximate surface area is 240 Å². The van der Waals surface area contributed by atoms with Gasteiger partial charge in [0, 0.05) is 25.4 Å². The second-order valence-electron chi connectivity index (χ2n) is 12.2. The fraction of sp³-hybridized carbons (Fsp3) is 0.677. The van der Waals surface area contributed by atoms with Crippen LogP contribution in [0, 0.1) is 11.8 Å². The van der Waals surface area contributed by atoms with Crippen molar-refractivity contribution in [1.82, 2.24) is 10.6 Å². The van der Waals surface area contributed by atoms with Gasteiger partial charge in [0.1, 0.15) is 23.6 Å². The van der Waals surface area contributed by atoms with E-state index in [0.717, 1.165) is 18.4 Å². The van der Waals surface area contributed by atoms with Gasteiger partial charge in [-0.3, -0.25) is 9.59 Å². The lowest BCUT2D eigenvalue weighted by atomic mass is 9.89. The van der Waals surface area contributed by atoms with Crippen molar-refractivity contribution >= 4 is 23.9 Å². The number of amides is 2. The van der Waals surface area contributed by atoms with Crippen LogP contribution < -0.4 is 10.6 Å². The van der Waals surface area contributed by atoms with Crippen LogP contribution in [0.25, 0.3) is 0 Å². The molecule has 0 saturated heterocycles. The minimum atomic E-state index is -0.644. The number of esters is 1. The van der Waals surface area contributed by atoms with Crippen molar-refractivity contribution in [2.75, 3.05) is 13.1 Å². The topological polar surface area (TPSA) is 120 Å². The molecule has 9 nitrogen and oxygen atoms in total. The molecular formula is C31H50N2O7. The molecule has 1 aromatic carbocycles. The van der Waals surface area contributed by atoms with Crippen LogP contribution >= 0.6 is 0 Å². The Morgan fingerprint density at radius 1 is 0.750 bits per heavy atom. The summed E-state index contributed by atoms with van der Waals surface area (Å²) in [6.45, 7) is 13.8. The molecule has 0 spiro atoms. The highest BCUT2D eigenvalue weighted by Gasteiger charge is 2.28. The Hall–Kier alpha value is -3.10. The molecule has 1 aromatic rings. The molecule has 0 heterocycles. The highest BCUT2D eigenvalue weighted by Crippen LogP contribution is 2.22. The lowest BCUT2D eigenvalue weighted by Crippen LogP contribution is -2.33. The predicted octanol–water partition coefficient (Wildman–Crippen LogP) is 6.33. The first-order valence-corrected chi connectivity index (χ1v) is 14.3. The van der Waals surface area contributed by atoms with Crippen LogP contribution in [-0.4, -0.2) is 48.2 Å². The lowest BCUT2D eigenvalue weighted by Gasteiger charge is -2.24. The number of ether oxygens (including phenoxy) is 3. The molecule has 40 heavy (non-hydrogen) atoms. The third-order valence-corrected chi connectivity index (χ3v) is 5.93. The molecule has 0 aromatic heterocycles. The Kier molecular flexibility index (Phi) is 15.3. The van der Waals surface area contributed by atoms with Crippen LogP contribution in [0.3, 0.4) is 0 Å². The largest absolute Gasteiger partial charge is 0.460 e. The molecule has 0 bridgehead atoms. The van der Waals surface area contributed by atoms with Crippen molar-refractivity contribution in [2.45, 2.75) is 111 Å². The lowest BCUT2D eigenvalue weighted by molar-refractivity contribution is -0.161. The van der Waals surface area contributed by atoms with Crippen molar-refractivity contribution in [1.29, 1.82) is 0 Å². The van der Waals surface area contributed by atoms with Gasteiger partial charge < -0.3 is 24.8 Å². The average molecular weight is 563 g/mol. The summed E-state index contributed by atoms with van der Waals surface area (Å²) in [6, 6.07) is 9.44. The summed E-state index contributed by atoms with van der Waals surface area (Å²) in [7, 11) is 0. The number of carbonyl (C=O) groups excluding carboxylic acids is 4. The van der Waals surface area contributed by atoms with E-state index in [1.54, 1.807) is 0 Å². The number of benzene rings is 1. The monoisotopic (exact) mass is 562 g/mol. The van der Waals surface area contributed by atoms with Gasteiger partial charge in [-0.1, -0.05) is 50.1 Å². The number of unbranched alkanes of at least 4 members (excludes halogenated alkanes) is 2. The predicted molar refractivity (Wildman–Crippen MR) is 155 cm³/mol. The van der Waals surface area contributed by atoms with E-state index in [4.69, 9.17) is 14.2 Å². The minimum Gasteiger partial charge on any atom is -0.460 e. The second kappa shape index (κ2) is 17.6. The van der Waals surface area contributed by atoms with E-state index in [-0.39, 0.29) is 30.7 Å². The minimum absolute atomic E-state index is 0.0265. The zero-order valence-corrected chi connectivity index (χ0v) is 25.5. The maximum Gasteiger partial charge on any atom is 0.407 e. The average Bonchev–Trinajstić information content (AvgIpc) is 2.84. The highest BCUT2D eigenvalue weighted by atomic mass is 16.6. The van der Waals surface area contributed by atoms with Crippen LogP contribution in [0.2, 0.25) is 0 Å². The van der Waals surface area contributed by atoms with Gasteiger partial charge in [0.05, 0.1) is 5.92 Å². The smallest absolute Gasteiger partial charge is 0.407 e. The molecule has 0 aliphatic heterocycles. The van der Waals surface area contributed by atoms with E-state index in [1.807, 2.05) is 78.8 Å². The van der Waals surface area contributed by atoms with Crippen molar-refractivity contribution in [2.24, 2.45) is 11.8 Å². The fourth-order valence-electron chi connectivity index (χ4n) is 3.85. The molecule has 2 atom stereocenters. The number of alkyl carbamates (subject to hydrolysis) is 2. The molecule has 1 rings (SSSR count). The van der Waals surface area contributed by atoms with Gasteiger partial charge in [-0.2, -0.15) is 0 Å². The zero-order valence-electron chi connectivity index (χ0n) is 25.5. The maximum atomic E-state index is 12.9. The quantitative estimate of drug-likeness (QED) is 0.137. The summed E-state index contributed by atoms with van der Waals surface area (Å²) in [5.74, 6) is -1.08. The first kappa shape index (κ1) is 34.9. The van der Waals surface area contributed by atoms with Crippen molar-refractivity contribution in [3.05, 3.63) is 35.9 Å². The van der Waals surface area contributed by atoms with Gasteiger partial charge in [0.2, 0.25) is 0 Å². The van der Waals surface area contributed by atoms with Gasteiger partial charge in [-0.15, -0.1) is 0 Å². The Bertz CT molecular complexity index is 920.